The van der Waals surface area contributed by atoms with Crippen LogP contribution in [0, 0.1) is 0 Å². The van der Waals surface area contributed by atoms with Gasteiger partial charge in [-0.25, -0.2) is 0 Å². The lowest BCUT2D eigenvalue weighted by Crippen LogP contribution is -2.40. The predicted octanol–water partition coefficient (Wildman–Crippen LogP) is 8.20. The van der Waals surface area contributed by atoms with Gasteiger partial charge >= 0.3 is 0 Å². The average Bonchev–Trinajstić information content (AvgIpc) is 2.74. The van der Waals surface area contributed by atoms with Crippen LogP contribution in [0.5, 0.6) is 0 Å². The Kier molecular flexibility index (Phi) is 7.60. The Morgan fingerprint density at radius 3 is 1.81 bits per heavy atom. The molecular formula is C29H39Cl2N. The van der Waals surface area contributed by atoms with Crippen LogP contribution in [0.3, 0.4) is 0 Å². The molecule has 3 heteroatoms. The summed E-state index contributed by atoms with van der Waals surface area (Å²) in [4.78, 5) is 2.32. The van der Waals surface area contributed by atoms with Crippen molar-refractivity contribution >= 4 is 23.2 Å². The Bertz CT molecular complexity index is 845. The summed E-state index contributed by atoms with van der Waals surface area (Å²) in [6, 6.07) is 18.7. The first-order valence-electron chi connectivity index (χ1n) is 12.6. The summed E-state index contributed by atoms with van der Waals surface area (Å²) in [5.41, 5.74) is 5.60. The van der Waals surface area contributed by atoms with Gasteiger partial charge in [0.1, 0.15) is 0 Å². The molecule has 0 aromatic heterocycles. The van der Waals surface area contributed by atoms with E-state index in [0.29, 0.717) is 12.1 Å². The third-order valence-electron chi connectivity index (χ3n) is 7.98. The summed E-state index contributed by atoms with van der Waals surface area (Å²) in [7, 11) is 0. The second kappa shape index (κ2) is 10.1. The zero-order valence-corrected chi connectivity index (χ0v) is 21.6. The van der Waals surface area contributed by atoms with Crippen molar-refractivity contribution in [3.63, 3.8) is 0 Å². The molecule has 2 aromatic carbocycles. The fraction of sp³-hybridized carbons (Fsp3) is 0.586. The minimum absolute atomic E-state index is 0.170. The van der Waals surface area contributed by atoms with Gasteiger partial charge in [-0.05, 0) is 101 Å². The van der Waals surface area contributed by atoms with Crippen molar-refractivity contribution in [3.8, 4) is 0 Å². The third-order valence-corrected chi connectivity index (χ3v) is 9.14. The maximum Gasteiger partial charge on any atom is 0.0697 e. The number of rotatable bonds is 10. The molecule has 2 fully saturated rings. The Labute approximate surface area is 205 Å². The van der Waals surface area contributed by atoms with Gasteiger partial charge in [-0.1, -0.05) is 48.5 Å². The highest BCUT2D eigenvalue weighted by atomic mass is 35.5. The van der Waals surface area contributed by atoms with Crippen LogP contribution >= 0.6 is 23.2 Å². The molecule has 2 aliphatic carbocycles. The Hall–Kier alpha value is -1.02. The van der Waals surface area contributed by atoms with Gasteiger partial charge in [-0.3, -0.25) is 4.90 Å². The molecule has 2 aliphatic rings. The lowest BCUT2D eigenvalue weighted by atomic mass is 9.71. The minimum atomic E-state index is -0.170. The molecule has 0 N–H and O–H groups in total. The summed E-state index contributed by atoms with van der Waals surface area (Å²) in [6.45, 7) is 8.14. The SMILES string of the molecule is CC(C)N(CCc1ccccc1)C(C)CCc1c(C2(Cl)CCC2)cccc1C1(Cl)CCC1. The van der Waals surface area contributed by atoms with Crippen LogP contribution in [-0.4, -0.2) is 23.5 Å². The lowest BCUT2D eigenvalue weighted by Gasteiger charge is -2.42. The average molecular weight is 473 g/mol. The number of benzene rings is 2. The molecule has 1 unspecified atom stereocenters. The molecule has 2 saturated carbocycles. The van der Waals surface area contributed by atoms with Crippen LogP contribution in [-0.2, 0) is 22.6 Å². The fourth-order valence-electron chi connectivity index (χ4n) is 5.62. The van der Waals surface area contributed by atoms with Gasteiger partial charge in [0, 0.05) is 18.6 Å². The summed E-state index contributed by atoms with van der Waals surface area (Å²) < 4.78 is 0. The molecule has 2 aromatic rings. The maximum absolute atomic E-state index is 7.11. The second-order valence-electron chi connectivity index (χ2n) is 10.4. The van der Waals surface area contributed by atoms with E-state index in [1.54, 1.807) is 0 Å². The monoisotopic (exact) mass is 471 g/mol. The molecule has 0 saturated heterocycles. The van der Waals surface area contributed by atoms with Crippen molar-refractivity contribution < 1.29 is 0 Å². The molecule has 0 amide bonds. The van der Waals surface area contributed by atoms with Crippen LogP contribution in [0.2, 0.25) is 0 Å². The molecule has 1 atom stereocenters. The number of hydrogen-bond acceptors (Lipinski definition) is 1. The molecule has 174 valence electrons. The first kappa shape index (κ1) is 24.1. The zero-order valence-electron chi connectivity index (χ0n) is 20.0. The maximum atomic E-state index is 7.11. The van der Waals surface area contributed by atoms with E-state index >= 15 is 0 Å². The van der Waals surface area contributed by atoms with E-state index in [2.05, 4.69) is 74.2 Å². The van der Waals surface area contributed by atoms with E-state index in [9.17, 15) is 0 Å². The van der Waals surface area contributed by atoms with Gasteiger partial charge in [-0.2, -0.15) is 0 Å². The molecule has 1 nitrogen and oxygen atoms in total. The van der Waals surface area contributed by atoms with E-state index < -0.39 is 0 Å². The second-order valence-corrected chi connectivity index (χ2v) is 11.9. The molecule has 0 aliphatic heterocycles. The first-order valence-corrected chi connectivity index (χ1v) is 13.4. The predicted molar refractivity (Wildman–Crippen MR) is 139 cm³/mol. The van der Waals surface area contributed by atoms with E-state index in [-0.39, 0.29) is 9.75 Å². The van der Waals surface area contributed by atoms with Crippen molar-refractivity contribution in [1.29, 1.82) is 0 Å². The Balaban J connectivity index is 1.51. The highest BCUT2D eigenvalue weighted by Gasteiger charge is 2.43. The molecule has 0 bridgehead atoms. The molecule has 0 spiro atoms. The largest absolute Gasteiger partial charge is 0.298 e. The highest BCUT2D eigenvalue weighted by Crippen LogP contribution is 2.53. The summed E-state index contributed by atoms with van der Waals surface area (Å²) in [6.07, 6.45) is 10.1. The van der Waals surface area contributed by atoms with Crippen molar-refractivity contribution in [2.24, 2.45) is 0 Å². The summed E-state index contributed by atoms with van der Waals surface area (Å²) in [5, 5.41) is 0. The van der Waals surface area contributed by atoms with Gasteiger partial charge < -0.3 is 0 Å². The summed E-state index contributed by atoms with van der Waals surface area (Å²) in [5.74, 6) is 0. The van der Waals surface area contributed by atoms with Crippen molar-refractivity contribution in [1.82, 2.24) is 4.90 Å². The van der Waals surface area contributed by atoms with E-state index in [0.717, 1.165) is 51.5 Å². The molecule has 0 radical (unpaired) electrons. The highest BCUT2D eigenvalue weighted by molar-refractivity contribution is 6.25. The number of halogens is 2. The minimum Gasteiger partial charge on any atom is -0.298 e. The number of alkyl halides is 2. The molecule has 32 heavy (non-hydrogen) atoms. The number of hydrogen-bond donors (Lipinski definition) is 0. The van der Waals surface area contributed by atoms with Gasteiger partial charge in [0.25, 0.3) is 0 Å². The van der Waals surface area contributed by atoms with Crippen LogP contribution in [0.1, 0.15) is 88.0 Å². The van der Waals surface area contributed by atoms with E-state index in [4.69, 9.17) is 23.2 Å². The third kappa shape index (κ3) is 5.06. The van der Waals surface area contributed by atoms with Crippen LogP contribution in [0.25, 0.3) is 0 Å². The Morgan fingerprint density at radius 2 is 1.34 bits per heavy atom. The van der Waals surface area contributed by atoms with Crippen LogP contribution in [0.15, 0.2) is 48.5 Å². The zero-order chi connectivity index (χ0) is 22.8. The topological polar surface area (TPSA) is 3.24 Å². The fourth-order valence-corrected chi connectivity index (χ4v) is 6.51. The Morgan fingerprint density at radius 1 is 0.781 bits per heavy atom. The normalized spacial score (nSPS) is 20.1. The van der Waals surface area contributed by atoms with Gasteiger partial charge in [0.05, 0.1) is 9.75 Å². The van der Waals surface area contributed by atoms with Crippen LogP contribution in [0.4, 0.5) is 0 Å². The smallest absolute Gasteiger partial charge is 0.0697 e. The molecule has 4 rings (SSSR count). The standard InChI is InChI=1S/C29H39Cl2N/c1-22(2)32(21-16-24-10-5-4-6-11-24)23(3)14-15-25-26(28(30)17-8-18-28)12-7-13-27(25)29(31)19-9-20-29/h4-7,10-13,22-23H,8-9,14-21H2,1-3H3. The van der Waals surface area contributed by atoms with Crippen molar-refractivity contribution in [2.75, 3.05) is 6.54 Å². The first-order chi connectivity index (χ1) is 15.3. The summed E-state index contributed by atoms with van der Waals surface area (Å²) >= 11 is 14.2. The molecule has 0 heterocycles. The number of nitrogens with zero attached hydrogens (tertiary/aromatic N) is 1. The van der Waals surface area contributed by atoms with Crippen molar-refractivity contribution in [3.05, 3.63) is 70.8 Å². The van der Waals surface area contributed by atoms with E-state index in [1.807, 2.05) is 0 Å². The van der Waals surface area contributed by atoms with Gasteiger partial charge in [-0.15, -0.1) is 23.2 Å². The van der Waals surface area contributed by atoms with Crippen LogP contribution < -0.4 is 0 Å². The van der Waals surface area contributed by atoms with Gasteiger partial charge in [0.15, 0.2) is 0 Å². The quantitative estimate of drug-likeness (QED) is 0.315. The van der Waals surface area contributed by atoms with Gasteiger partial charge in [0.2, 0.25) is 0 Å². The van der Waals surface area contributed by atoms with Crippen molar-refractivity contribution in [2.45, 2.75) is 100 Å². The van der Waals surface area contributed by atoms with E-state index in [1.165, 1.54) is 35.1 Å². The molecular weight excluding hydrogens is 433 g/mol. The lowest BCUT2D eigenvalue weighted by molar-refractivity contribution is 0.158.